The Morgan fingerprint density at radius 1 is 1.67 bits per heavy atom. The number of halogens is 1. The van der Waals surface area contributed by atoms with Crippen LogP contribution in [0.4, 0.5) is 4.39 Å². The molecular weight excluding hydrogens is 158 g/mol. The van der Waals surface area contributed by atoms with E-state index >= 15 is 0 Å². The van der Waals surface area contributed by atoms with Gasteiger partial charge in [0.1, 0.15) is 6.17 Å². The second-order valence-corrected chi connectivity index (χ2v) is 3.25. The molecule has 1 aliphatic rings. The average Bonchev–Trinajstić information content (AvgIpc) is 2.16. The molecule has 0 bridgehead atoms. The summed E-state index contributed by atoms with van der Waals surface area (Å²) < 4.78 is 13.1. The molecule has 1 fully saturated rings. The zero-order valence-electron chi connectivity index (χ0n) is 7.08. The third-order valence-electron chi connectivity index (χ3n) is 2.24. The quantitative estimate of drug-likeness (QED) is 0.442. The van der Waals surface area contributed by atoms with E-state index in [-0.39, 0.29) is 6.04 Å². The molecule has 0 aliphatic carbocycles. The lowest BCUT2D eigenvalue weighted by atomic mass is 9.94. The Kier molecular flexibility index (Phi) is 3.68. The Morgan fingerprint density at radius 3 is 3.08 bits per heavy atom. The van der Waals surface area contributed by atoms with Crippen molar-refractivity contribution in [3.8, 4) is 0 Å². The Bertz CT molecular complexity index is 158. The van der Waals surface area contributed by atoms with E-state index < -0.39 is 6.17 Å². The smallest absolute Gasteiger partial charge is 0.281 e. The summed E-state index contributed by atoms with van der Waals surface area (Å²) in [7, 11) is 0.327. The van der Waals surface area contributed by atoms with Crippen molar-refractivity contribution in [2.75, 3.05) is 13.1 Å². The number of alkyl halides is 1. The molecule has 1 saturated heterocycles. The second kappa shape index (κ2) is 4.57. The molecule has 0 aromatic rings. The fourth-order valence-electron chi connectivity index (χ4n) is 1.48. The van der Waals surface area contributed by atoms with Crippen LogP contribution in [0.2, 0.25) is 0 Å². The van der Waals surface area contributed by atoms with Gasteiger partial charge in [0.25, 0.3) is 7.41 Å². The minimum atomic E-state index is -0.979. The fourth-order valence-corrected chi connectivity index (χ4v) is 1.48. The van der Waals surface area contributed by atoms with Gasteiger partial charge in [0.15, 0.2) is 0 Å². The molecule has 68 valence electrons. The SMILES string of the molecule is N[C@@H]1CCCN(BC=O)C[C@@H]1F. The highest BCUT2D eigenvalue weighted by molar-refractivity contribution is 6.64. The Hall–Kier alpha value is -0.415. The lowest BCUT2D eigenvalue weighted by molar-refractivity contribution is 0.251. The van der Waals surface area contributed by atoms with E-state index in [9.17, 15) is 9.18 Å². The van der Waals surface area contributed by atoms with Crippen molar-refractivity contribution in [1.82, 2.24) is 4.81 Å². The maximum absolute atomic E-state index is 13.1. The number of nitrogens with two attached hydrogens (primary N) is 1. The summed E-state index contributed by atoms with van der Waals surface area (Å²) in [6.07, 6.45) is 1.43. The van der Waals surface area contributed by atoms with Crippen LogP contribution >= 0.6 is 0 Å². The van der Waals surface area contributed by atoms with Gasteiger partial charge in [0.05, 0.1) is 6.19 Å². The predicted octanol–water partition coefficient (Wildman–Crippen LogP) is -0.711. The molecule has 0 saturated carbocycles. The molecule has 12 heavy (non-hydrogen) atoms. The Labute approximate surface area is 72.4 Å². The molecule has 2 N–H and O–H groups in total. The highest BCUT2D eigenvalue weighted by atomic mass is 19.1. The first kappa shape index (κ1) is 9.67. The van der Waals surface area contributed by atoms with Gasteiger partial charge in [0, 0.05) is 12.6 Å². The van der Waals surface area contributed by atoms with Gasteiger partial charge >= 0.3 is 0 Å². The lowest BCUT2D eigenvalue weighted by Crippen LogP contribution is -2.39. The van der Waals surface area contributed by atoms with E-state index in [1.807, 2.05) is 4.81 Å². The fraction of sp³-hybridized carbons (Fsp3) is 0.857. The van der Waals surface area contributed by atoms with Crippen LogP contribution in [0.5, 0.6) is 0 Å². The molecule has 0 aromatic heterocycles. The van der Waals surface area contributed by atoms with Crippen molar-refractivity contribution in [3.05, 3.63) is 0 Å². The maximum Gasteiger partial charge on any atom is 0.281 e. The monoisotopic (exact) mass is 172 g/mol. The molecule has 0 unspecified atom stereocenters. The number of hydrogen-bond donors (Lipinski definition) is 1. The summed E-state index contributed by atoms with van der Waals surface area (Å²) in [6.45, 7) is 1.09. The van der Waals surface area contributed by atoms with Crippen LogP contribution in [0, 0.1) is 0 Å². The van der Waals surface area contributed by atoms with Gasteiger partial charge in [-0.2, -0.15) is 0 Å². The van der Waals surface area contributed by atoms with Gasteiger partial charge in [-0.05, 0) is 19.4 Å². The van der Waals surface area contributed by atoms with E-state index in [4.69, 9.17) is 5.73 Å². The van der Waals surface area contributed by atoms with E-state index in [2.05, 4.69) is 0 Å². The van der Waals surface area contributed by atoms with Gasteiger partial charge in [-0.3, -0.25) is 0 Å². The first-order chi connectivity index (χ1) is 5.74. The van der Waals surface area contributed by atoms with Crippen molar-refractivity contribution in [2.24, 2.45) is 5.73 Å². The topological polar surface area (TPSA) is 46.3 Å². The molecule has 1 rings (SSSR count). The van der Waals surface area contributed by atoms with Crippen molar-refractivity contribution < 1.29 is 9.18 Å². The zero-order valence-corrected chi connectivity index (χ0v) is 7.08. The normalized spacial score (nSPS) is 32.5. The lowest BCUT2D eigenvalue weighted by Gasteiger charge is -2.18. The molecular formula is C7H14BFN2O. The molecule has 5 heteroatoms. The van der Waals surface area contributed by atoms with Crippen LogP contribution in [0.1, 0.15) is 12.8 Å². The number of rotatable bonds is 2. The summed E-state index contributed by atoms with van der Waals surface area (Å²) >= 11 is 0. The van der Waals surface area contributed by atoms with Crippen molar-refractivity contribution in [1.29, 1.82) is 0 Å². The maximum atomic E-state index is 13.1. The molecule has 1 heterocycles. The van der Waals surface area contributed by atoms with Crippen LogP contribution in [0.3, 0.4) is 0 Å². The molecule has 0 aromatic carbocycles. The third kappa shape index (κ3) is 2.57. The molecule has 0 spiro atoms. The summed E-state index contributed by atoms with van der Waals surface area (Å²) in [5.74, 6) is 0. The minimum absolute atomic E-state index is 0.305. The predicted molar refractivity (Wildman–Crippen MR) is 47.6 cm³/mol. The van der Waals surface area contributed by atoms with Gasteiger partial charge in [0.2, 0.25) is 0 Å². The van der Waals surface area contributed by atoms with E-state index in [1.54, 1.807) is 0 Å². The van der Waals surface area contributed by atoms with Gasteiger partial charge < -0.3 is 15.3 Å². The van der Waals surface area contributed by atoms with Gasteiger partial charge in [-0.25, -0.2) is 4.39 Å². The first-order valence-corrected chi connectivity index (χ1v) is 4.29. The van der Waals surface area contributed by atoms with Crippen LogP contribution in [0.15, 0.2) is 0 Å². The highest BCUT2D eigenvalue weighted by Crippen LogP contribution is 2.11. The Morgan fingerprint density at radius 2 is 2.42 bits per heavy atom. The molecule has 2 atom stereocenters. The zero-order chi connectivity index (χ0) is 8.97. The largest absolute Gasteiger partial charge is 0.336 e. The van der Waals surface area contributed by atoms with Crippen LogP contribution < -0.4 is 5.73 Å². The number of carbonyl (C=O) groups excluding carboxylic acids is 1. The molecule has 0 radical (unpaired) electrons. The standard InChI is InChI=1S/C7H14BFN2O/c9-6-4-11(8-5-12)3-1-2-7(6)10/h5-8H,1-4,10H2/t6-,7+/m0/s1. The highest BCUT2D eigenvalue weighted by Gasteiger charge is 2.23. The first-order valence-electron chi connectivity index (χ1n) is 4.29. The summed E-state index contributed by atoms with van der Waals surface area (Å²) in [5.41, 5.74) is 5.55. The average molecular weight is 172 g/mol. The molecule has 0 amide bonds. The van der Waals surface area contributed by atoms with E-state index in [1.165, 1.54) is 0 Å². The summed E-state index contributed by atoms with van der Waals surface area (Å²) in [5, 5.41) is 0. The molecule has 3 nitrogen and oxygen atoms in total. The van der Waals surface area contributed by atoms with Crippen LogP contribution in [-0.4, -0.2) is 43.7 Å². The van der Waals surface area contributed by atoms with Crippen molar-refractivity contribution >= 4 is 13.6 Å². The Balaban J connectivity index is 2.42. The molecule has 1 aliphatic heterocycles. The summed E-state index contributed by atoms with van der Waals surface area (Å²) in [4.78, 5) is 12.0. The van der Waals surface area contributed by atoms with Gasteiger partial charge in [-0.1, -0.05) is 0 Å². The van der Waals surface area contributed by atoms with E-state index in [0.29, 0.717) is 14.0 Å². The number of hydrogen-bond acceptors (Lipinski definition) is 3. The summed E-state index contributed by atoms with van der Waals surface area (Å²) in [6, 6.07) is -0.346. The number of carbonyl (C=O) groups is 1. The third-order valence-corrected chi connectivity index (χ3v) is 2.24. The van der Waals surface area contributed by atoms with Crippen molar-refractivity contribution in [2.45, 2.75) is 25.1 Å². The van der Waals surface area contributed by atoms with Crippen LogP contribution in [0.25, 0.3) is 0 Å². The van der Waals surface area contributed by atoms with Crippen molar-refractivity contribution in [3.63, 3.8) is 0 Å². The van der Waals surface area contributed by atoms with Crippen LogP contribution in [-0.2, 0) is 4.79 Å². The minimum Gasteiger partial charge on any atom is -0.336 e. The van der Waals surface area contributed by atoms with E-state index in [0.717, 1.165) is 25.6 Å². The second-order valence-electron chi connectivity index (χ2n) is 3.25. The number of nitrogens with zero attached hydrogens (tertiary/aromatic N) is 1. The van der Waals surface area contributed by atoms with Gasteiger partial charge in [-0.15, -0.1) is 0 Å².